The third-order valence-corrected chi connectivity index (χ3v) is 2.41. The zero-order valence-electron chi connectivity index (χ0n) is 7.09. The molecule has 2 rings (SSSR count). The van der Waals surface area contributed by atoms with Gasteiger partial charge in [-0.3, -0.25) is 4.90 Å². The molecule has 3 atom stereocenters. The molecule has 1 N–H and O–H groups in total. The van der Waals surface area contributed by atoms with Crippen LogP contribution >= 0.6 is 0 Å². The molecule has 13 heavy (non-hydrogen) atoms. The molecule has 4 heteroatoms. The van der Waals surface area contributed by atoms with E-state index in [9.17, 15) is 4.79 Å². The Morgan fingerprint density at radius 2 is 2.46 bits per heavy atom. The summed E-state index contributed by atoms with van der Waals surface area (Å²) in [5, 5.41) is 8.96. The number of fused-ring (bicyclic) bond motifs is 1. The van der Waals surface area contributed by atoms with Crippen molar-refractivity contribution in [2.75, 3.05) is 6.61 Å². The highest BCUT2D eigenvalue weighted by atomic mass is 16.6. The molecule has 1 saturated heterocycles. The Balaban J connectivity index is 2.23. The van der Waals surface area contributed by atoms with E-state index in [0.29, 0.717) is 0 Å². The highest BCUT2D eigenvalue weighted by molar-refractivity contribution is 5.73. The molecule has 70 valence electrons. The first kappa shape index (κ1) is 8.31. The van der Waals surface area contributed by atoms with E-state index >= 15 is 0 Å². The Morgan fingerprint density at radius 3 is 3.08 bits per heavy atom. The Labute approximate surface area is 76.1 Å². The van der Waals surface area contributed by atoms with Crippen LogP contribution in [-0.2, 0) is 4.74 Å². The lowest BCUT2D eigenvalue weighted by molar-refractivity contribution is 0.132. The maximum atomic E-state index is 11.3. The second-order valence-electron chi connectivity index (χ2n) is 3.12. The van der Waals surface area contributed by atoms with Crippen LogP contribution in [0.5, 0.6) is 0 Å². The summed E-state index contributed by atoms with van der Waals surface area (Å²) in [5.74, 6) is 0. The standard InChI is InChI=1S/C9H11NO3/c1-2-8-7-4-3-6(5-11)10(7)9(12)13-8/h2-4,6-8,11H,1,5H2/t6-,7-,8-/m0/s1. The Hall–Kier alpha value is -1.29. The van der Waals surface area contributed by atoms with Crippen LogP contribution in [0.15, 0.2) is 24.8 Å². The van der Waals surface area contributed by atoms with Gasteiger partial charge in [0.05, 0.1) is 18.7 Å². The fraction of sp³-hybridized carbons (Fsp3) is 0.444. The van der Waals surface area contributed by atoms with E-state index < -0.39 is 0 Å². The van der Waals surface area contributed by atoms with E-state index in [-0.39, 0.29) is 30.9 Å². The first-order valence-electron chi connectivity index (χ1n) is 4.18. The molecule has 4 nitrogen and oxygen atoms in total. The lowest BCUT2D eigenvalue weighted by Gasteiger charge is -2.19. The molecule has 0 aromatic carbocycles. The van der Waals surface area contributed by atoms with Gasteiger partial charge in [-0.15, -0.1) is 0 Å². The number of carbonyl (C=O) groups is 1. The maximum Gasteiger partial charge on any atom is 0.411 e. The van der Waals surface area contributed by atoms with Gasteiger partial charge in [-0.1, -0.05) is 18.7 Å². The van der Waals surface area contributed by atoms with Gasteiger partial charge in [0.1, 0.15) is 6.10 Å². The highest BCUT2D eigenvalue weighted by Crippen LogP contribution is 2.28. The number of aliphatic hydroxyl groups is 1. The number of aliphatic hydroxyl groups excluding tert-OH is 1. The summed E-state index contributed by atoms with van der Waals surface area (Å²) in [7, 11) is 0. The largest absolute Gasteiger partial charge is 0.439 e. The van der Waals surface area contributed by atoms with E-state index in [2.05, 4.69) is 6.58 Å². The SMILES string of the molecule is C=C[C@@H]1OC(=O)N2[C@H](CO)C=C[C@@H]12. The molecule has 2 aliphatic heterocycles. The minimum absolute atomic E-state index is 0.0635. The van der Waals surface area contributed by atoms with Gasteiger partial charge in [-0.25, -0.2) is 4.79 Å². The van der Waals surface area contributed by atoms with Crippen LogP contribution in [0.2, 0.25) is 0 Å². The Kier molecular flexibility index (Phi) is 1.84. The summed E-state index contributed by atoms with van der Waals surface area (Å²) in [6.45, 7) is 3.52. The minimum atomic E-state index is -0.376. The number of cyclic esters (lactones) is 1. The van der Waals surface area contributed by atoms with Gasteiger partial charge in [0.25, 0.3) is 0 Å². The van der Waals surface area contributed by atoms with Crippen LogP contribution in [0.4, 0.5) is 4.79 Å². The molecule has 2 aliphatic rings. The molecule has 0 unspecified atom stereocenters. The van der Waals surface area contributed by atoms with Crippen molar-refractivity contribution >= 4 is 6.09 Å². The quantitative estimate of drug-likeness (QED) is 0.623. The van der Waals surface area contributed by atoms with Gasteiger partial charge in [0.15, 0.2) is 0 Å². The molecule has 0 aromatic heterocycles. The molecule has 1 amide bonds. The van der Waals surface area contributed by atoms with Crippen molar-refractivity contribution in [1.29, 1.82) is 0 Å². The van der Waals surface area contributed by atoms with Gasteiger partial charge in [0.2, 0.25) is 0 Å². The van der Waals surface area contributed by atoms with Crippen molar-refractivity contribution < 1.29 is 14.6 Å². The zero-order chi connectivity index (χ0) is 9.42. The van der Waals surface area contributed by atoms with E-state index in [4.69, 9.17) is 9.84 Å². The van der Waals surface area contributed by atoms with Crippen molar-refractivity contribution in [3.05, 3.63) is 24.8 Å². The number of hydrogen-bond donors (Lipinski definition) is 1. The van der Waals surface area contributed by atoms with E-state index in [0.717, 1.165) is 0 Å². The Morgan fingerprint density at radius 1 is 1.69 bits per heavy atom. The van der Waals surface area contributed by atoms with Crippen LogP contribution in [-0.4, -0.2) is 40.9 Å². The Bertz CT molecular complexity index is 274. The normalized spacial score (nSPS) is 36.2. The molecule has 0 bridgehead atoms. The topological polar surface area (TPSA) is 49.8 Å². The summed E-state index contributed by atoms with van der Waals surface area (Å²) in [5.41, 5.74) is 0. The molecule has 2 heterocycles. The number of nitrogens with zero attached hydrogens (tertiary/aromatic N) is 1. The molecular weight excluding hydrogens is 170 g/mol. The fourth-order valence-corrected chi connectivity index (χ4v) is 1.76. The average molecular weight is 181 g/mol. The molecule has 0 saturated carbocycles. The highest BCUT2D eigenvalue weighted by Gasteiger charge is 2.44. The van der Waals surface area contributed by atoms with Crippen molar-refractivity contribution in [1.82, 2.24) is 4.90 Å². The second-order valence-corrected chi connectivity index (χ2v) is 3.12. The number of hydrogen-bond acceptors (Lipinski definition) is 3. The van der Waals surface area contributed by atoms with Crippen molar-refractivity contribution in [2.45, 2.75) is 18.2 Å². The van der Waals surface area contributed by atoms with Crippen LogP contribution in [0.3, 0.4) is 0 Å². The second kappa shape index (κ2) is 2.88. The molecule has 0 aliphatic carbocycles. The van der Waals surface area contributed by atoms with E-state index in [1.165, 1.54) is 4.90 Å². The van der Waals surface area contributed by atoms with Gasteiger partial charge in [0, 0.05) is 0 Å². The zero-order valence-corrected chi connectivity index (χ0v) is 7.09. The van der Waals surface area contributed by atoms with Crippen molar-refractivity contribution in [3.63, 3.8) is 0 Å². The smallest absolute Gasteiger partial charge is 0.411 e. The predicted molar refractivity (Wildman–Crippen MR) is 46.1 cm³/mol. The van der Waals surface area contributed by atoms with Crippen LogP contribution in [0.1, 0.15) is 0 Å². The van der Waals surface area contributed by atoms with E-state index in [1.807, 2.05) is 12.2 Å². The van der Waals surface area contributed by atoms with Crippen LogP contribution in [0.25, 0.3) is 0 Å². The minimum Gasteiger partial charge on any atom is -0.439 e. The average Bonchev–Trinajstić information content (AvgIpc) is 2.67. The molecule has 0 aromatic rings. The third kappa shape index (κ3) is 1.06. The molecule has 0 spiro atoms. The fourth-order valence-electron chi connectivity index (χ4n) is 1.76. The summed E-state index contributed by atoms with van der Waals surface area (Å²) >= 11 is 0. The van der Waals surface area contributed by atoms with Gasteiger partial charge < -0.3 is 9.84 Å². The summed E-state index contributed by atoms with van der Waals surface area (Å²) in [4.78, 5) is 12.8. The van der Waals surface area contributed by atoms with Crippen LogP contribution < -0.4 is 0 Å². The van der Waals surface area contributed by atoms with E-state index in [1.54, 1.807) is 6.08 Å². The van der Waals surface area contributed by atoms with Gasteiger partial charge >= 0.3 is 6.09 Å². The van der Waals surface area contributed by atoms with Crippen molar-refractivity contribution in [3.8, 4) is 0 Å². The molecule has 0 radical (unpaired) electrons. The summed E-state index contributed by atoms with van der Waals surface area (Å²) < 4.78 is 5.02. The van der Waals surface area contributed by atoms with Crippen LogP contribution in [0, 0.1) is 0 Å². The van der Waals surface area contributed by atoms with Gasteiger partial charge in [-0.2, -0.15) is 0 Å². The monoisotopic (exact) mass is 181 g/mol. The first-order valence-corrected chi connectivity index (χ1v) is 4.18. The number of amides is 1. The molecule has 1 fully saturated rings. The number of carbonyl (C=O) groups excluding carboxylic acids is 1. The summed E-state index contributed by atoms with van der Waals surface area (Å²) in [6.07, 6.45) is 4.64. The molecular formula is C9H11NO3. The number of ether oxygens (including phenoxy) is 1. The third-order valence-electron chi connectivity index (χ3n) is 2.41. The summed E-state index contributed by atoms with van der Waals surface area (Å²) in [6, 6.07) is -0.315. The lowest BCUT2D eigenvalue weighted by atomic mass is 10.2. The van der Waals surface area contributed by atoms with Crippen molar-refractivity contribution in [2.24, 2.45) is 0 Å². The lowest BCUT2D eigenvalue weighted by Crippen LogP contribution is -2.39. The first-order chi connectivity index (χ1) is 6.27. The predicted octanol–water partition coefficient (Wildman–Crippen LogP) is 0.293. The van der Waals surface area contributed by atoms with Gasteiger partial charge in [-0.05, 0) is 6.08 Å². The maximum absolute atomic E-state index is 11.3. The number of rotatable bonds is 2.